The summed E-state index contributed by atoms with van der Waals surface area (Å²) in [7, 11) is 0. The monoisotopic (exact) mass is 453 g/mol. The number of Topliss-reactive ketones (excluding diaryl/α,β-unsaturated/α-hetero) is 1. The van der Waals surface area contributed by atoms with E-state index in [-0.39, 0.29) is 17.2 Å². The smallest absolute Gasteiger partial charge is 0.408 e. The molecule has 1 aromatic carbocycles. The van der Waals surface area contributed by atoms with Gasteiger partial charge in [0.25, 0.3) is 0 Å². The van der Waals surface area contributed by atoms with E-state index in [4.69, 9.17) is 9.52 Å². The van der Waals surface area contributed by atoms with Crippen molar-refractivity contribution in [1.82, 2.24) is 5.32 Å². The molecule has 0 spiro atoms. The number of unbranched alkanes of at least 4 members (excludes halogenated alkanes) is 1. The molecule has 3 N–H and O–H groups in total. The zero-order chi connectivity index (χ0) is 24.4. The lowest BCUT2D eigenvalue weighted by Crippen LogP contribution is -2.16. The fourth-order valence-corrected chi connectivity index (χ4v) is 3.33. The van der Waals surface area contributed by atoms with Gasteiger partial charge in [-0.1, -0.05) is 50.6 Å². The Hall–Kier alpha value is -3.61. The average molecular weight is 454 g/mol. The fraction of sp³-hybridized carbons (Fsp3) is 0.346. The van der Waals surface area contributed by atoms with E-state index in [1.807, 2.05) is 31.2 Å². The molecule has 1 unspecified atom stereocenters. The second-order valence-corrected chi connectivity index (χ2v) is 8.03. The summed E-state index contributed by atoms with van der Waals surface area (Å²) >= 11 is 0. The summed E-state index contributed by atoms with van der Waals surface area (Å²) in [6.45, 7) is 5.55. The van der Waals surface area contributed by atoms with Crippen LogP contribution in [0.2, 0.25) is 0 Å². The molecule has 7 nitrogen and oxygen atoms in total. The number of ketones is 1. The van der Waals surface area contributed by atoms with Crippen LogP contribution >= 0.6 is 0 Å². The second kappa shape index (κ2) is 12.4. The second-order valence-electron chi connectivity index (χ2n) is 8.03. The summed E-state index contributed by atoms with van der Waals surface area (Å²) in [5, 5.41) is 21.0. The number of allylic oxidation sites excluding steroid dienone is 2. The molecule has 1 aromatic heterocycles. The molecule has 0 fully saturated rings. The van der Waals surface area contributed by atoms with Crippen molar-refractivity contribution >= 4 is 18.0 Å². The minimum Gasteiger partial charge on any atom is -0.507 e. The SMILES string of the molecule is CCCCc1ccc(/C=C(\C)C(=O)c2c(O)cc(C(C)CCC=CNC(=O)O)oc2=O)cc1. The van der Waals surface area contributed by atoms with E-state index < -0.39 is 23.3 Å². The first-order chi connectivity index (χ1) is 15.7. The number of hydrogen-bond acceptors (Lipinski definition) is 5. The van der Waals surface area contributed by atoms with Crippen molar-refractivity contribution in [2.45, 2.75) is 58.8 Å². The highest BCUT2D eigenvalue weighted by Crippen LogP contribution is 2.26. The van der Waals surface area contributed by atoms with Crippen LogP contribution in [0.15, 0.2) is 57.4 Å². The maximum atomic E-state index is 12.8. The van der Waals surface area contributed by atoms with Gasteiger partial charge < -0.3 is 14.6 Å². The minimum atomic E-state index is -1.15. The Balaban J connectivity index is 2.12. The van der Waals surface area contributed by atoms with Crippen LogP contribution in [0.3, 0.4) is 0 Å². The largest absolute Gasteiger partial charge is 0.507 e. The van der Waals surface area contributed by atoms with Gasteiger partial charge in [-0.15, -0.1) is 0 Å². The molecule has 0 bridgehead atoms. The molecule has 2 aromatic rings. The van der Waals surface area contributed by atoms with Gasteiger partial charge in [0.1, 0.15) is 17.1 Å². The number of aryl methyl sites for hydroxylation is 1. The lowest BCUT2D eigenvalue weighted by Gasteiger charge is -2.11. The number of amides is 1. The van der Waals surface area contributed by atoms with E-state index in [2.05, 4.69) is 12.2 Å². The third-order valence-corrected chi connectivity index (χ3v) is 5.29. The molecule has 1 heterocycles. The minimum absolute atomic E-state index is 0.218. The fourth-order valence-electron chi connectivity index (χ4n) is 3.33. The van der Waals surface area contributed by atoms with Gasteiger partial charge in [0.2, 0.25) is 0 Å². The Morgan fingerprint density at radius 2 is 1.91 bits per heavy atom. The van der Waals surface area contributed by atoms with Crippen LogP contribution in [0.25, 0.3) is 6.08 Å². The third-order valence-electron chi connectivity index (χ3n) is 5.29. The van der Waals surface area contributed by atoms with Crippen LogP contribution in [-0.2, 0) is 6.42 Å². The lowest BCUT2D eigenvalue weighted by atomic mass is 9.99. The quantitative estimate of drug-likeness (QED) is 0.299. The zero-order valence-corrected chi connectivity index (χ0v) is 19.3. The maximum absolute atomic E-state index is 12.8. The highest BCUT2D eigenvalue weighted by atomic mass is 16.4. The molecule has 1 amide bonds. The van der Waals surface area contributed by atoms with E-state index >= 15 is 0 Å². The van der Waals surface area contributed by atoms with Crippen LogP contribution in [0.4, 0.5) is 4.79 Å². The summed E-state index contributed by atoms with van der Waals surface area (Å²) in [5.41, 5.74) is 1.11. The maximum Gasteiger partial charge on any atom is 0.408 e. The Morgan fingerprint density at radius 1 is 1.21 bits per heavy atom. The van der Waals surface area contributed by atoms with E-state index in [0.717, 1.165) is 24.8 Å². The first kappa shape index (κ1) is 25.6. The molecule has 7 heteroatoms. The van der Waals surface area contributed by atoms with E-state index in [9.17, 15) is 19.5 Å². The Labute approximate surface area is 193 Å². The van der Waals surface area contributed by atoms with Crippen LogP contribution in [-0.4, -0.2) is 22.1 Å². The molecule has 0 radical (unpaired) electrons. The number of carbonyl (C=O) groups is 2. The number of carboxylic acid groups (broad SMARTS) is 1. The topological polar surface area (TPSA) is 117 Å². The summed E-state index contributed by atoms with van der Waals surface area (Å²) in [6.07, 6.45) is 7.83. The van der Waals surface area contributed by atoms with Gasteiger partial charge >= 0.3 is 11.7 Å². The molecule has 0 aliphatic heterocycles. The van der Waals surface area contributed by atoms with Crippen molar-refractivity contribution in [3.63, 3.8) is 0 Å². The van der Waals surface area contributed by atoms with Gasteiger partial charge in [-0.25, -0.2) is 9.59 Å². The van der Waals surface area contributed by atoms with Crippen molar-refractivity contribution < 1.29 is 24.2 Å². The van der Waals surface area contributed by atoms with Crippen molar-refractivity contribution in [3.8, 4) is 5.75 Å². The number of rotatable bonds is 11. The molecule has 0 aliphatic rings. The summed E-state index contributed by atoms with van der Waals surface area (Å²) < 4.78 is 5.32. The average Bonchev–Trinajstić information content (AvgIpc) is 2.77. The Kier molecular flexibility index (Phi) is 9.66. The van der Waals surface area contributed by atoms with Gasteiger partial charge in [-0.3, -0.25) is 10.1 Å². The first-order valence-electron chi connectivity index (χ1n) is 11.1. The van der Waals surface area contributed by atoms with E-state index in [1.54, 1.807) is 19.1 Å². The molecule has 33 heavy (non-hydrogen) atoms. The molecule has 176 valence electrons. The van der Waals surface area contributed by atoms with Crippen LogP contribution in [0.5, 0.6) is 5.75 Å². The molecule has 2 rings (SSSR count). The summed E-state index contributed by atoms with van der Waals surface area (Å²) in [4.78, 5) is 35.7. The predicted octanol–water partition coefficient (Wildman–Crippen LogP) is 5.64. The number of aromatic hydroxyl groups is 1. The van der Waals surface area contributed by atoms with Gasteiger partial charge in [0.05, 0.1) is 0 Å². The van der Waals surface area contributed by atoms with Gasteiger partial charge in [0.15, 0.2) is 5.78 Å². The highest BCUT2D eigenvalue weighted by molar-refractivity contribution is 6.12. The number of benzene rings is 1. The number of hydrogen-bond donors (Lipinski definition) is 3. The van der Waals surface area contributed by atoms with Crippen molar-refractivity contribution in [2.75, 3.05) is 0 Å². The third kappa shape index (κ3) is 7.79. The van der Waals surface area contributed by atoms with Crippen molar-refractivity contribution in [1.29, 1.82) is 0 Å². The van der Waals surface area contributed by atoms with E-state index in [0.29, 0.717) is 18.4 Å². The molecular formula is C26H31NO6. The van der Waals surface area contributed by atoms with Crippen LogP contribution < -0.4 is 10.9 Å². The van der Waals surface area contributed by atoms with Gasteiger partial charge in [-0.05, 0) is 55.4 Å². The van der Waals surface area contributed by atoms with Gasteiger partial charge in [-0.2, -0.15) is 0 Å². The zero-order valence-electron chi connectivity index (χ0n) is 19.3. The molecular weight excluding hydrogens is 422 g/mol. The van der Waals surface area contributed by atoms with Crippen molar-refractivity contribution in [2.24, 2.45) is 0 Å². The van der Waals surface area contributed by atoms with Gasteiger partial charge in [0, 0.05) is 18.2 Å². The number of nitrogens with one attached hydrogen (secondary N) is 1. The predicted molar refractivity (Wildman–Crippen MR) is 128 cm³/mol. The summed E-state index contributed by atoms with van der Waals surface area (Å²) in [6, 6.07) is 9.20. The first-order valence-corrected chi connectivity index (χ1v) is 11.1. The molecule has 1 atom stereocenters. The molecule has 0 saturated carbocycles. The summed E-state index contributed by atoms with van der Waals surface area (Å²) in [5.74, 6) is -0.954. The standard InChI is InChI=1S/C26H31NO6/c1-4-5-9-19-10-12-20(13-11-19)15-18(3)24(29)23-21(28)16-22(33-25(23)30)17(2)8-6-7-14-27-26(31)32/h7,10-17,27-28H,4-6,8-9H2,1-3H3,(H,31,32)/b14-7?,18-15+. The number of carbonyl (C=O) groups excluding carboxylic acids is 1. The Bertz CT molecular complexity index is 1080. The van der Waals surface area contributed by atoms with Crippen LogP contribution in [0.1, 0.15) is 79.6 Å². The lowest BCUT2D eigenvalue weighted by molar-refractivity contribution is 0.102. The van der Waals surface area contributed by atoms with Crippen molar-refractivity contribution in [3.05, 3.63) is 81.1 Å². The Morgan fingerprint density at radius 3 is 2.52 bits per heavy atom. The normalized spacial score (nSPS) is 12.6. The molecule has 0 saturated heterocycles. The molecule has 0 aliphatic carbocycles. The highest BCUT2D eigenvalue weighted by Gasteiger charge is 2.22. The van der Waals surface area contributed by atoms with Crippen LogP contribution in [0, 0.1) is 0 Å². The van der Waals surface area contributed by atoms with E-state index in [1.165, 1.54) is 17.8 Å².